The first-order chi connectivity index (χ1) is 11.1. The normalized spacial score (nSPS) is 19.4. The first kappa shape index (κ1) is 18.4. The van der Waals surface area contributed by atoms with Crippen LogP contribution in [0, 0.1) is 10.8 Å². The van der Waals surface area contributed by atoms with Gasteiger partial charge in [0, 0.05) is 16.9 Å². The van der Waals surface area contributed by atoms with Crippen LogP contribution in [0.2, 0.25) is 5.02 Å². The van der Waals surface area contributed by atoms with Gasteiger partial charge in [-0.2, -0.15) is 0 Å². The van der Waals surface area contributed by atoms with E-state index in [1.807, 2.05) is 24.3 Å². The molecule has 23 heavy (non-hydrogen) atoms. The van der Waals surface area contributed by atoms with Gasteiger partial charge in [-0.1, -0.05) is 50.4 Å². The molecule has 1 heterocycles. The molecule has 0 aliphatic carbocycles. The number of rotatable bonds is 8. The fraction of sp³-hybridized carbons (Fsp3) is 0.632. The second-order valence-corrected chi connectivity index (χ2v) is 7.10. The van der Waals surface area contributed by atoms with Gasteiger partial charge in [0.1, 0.15) is 0 Å². The summed E-state index contributed by atoms with van der Waals surface area (Å²) in [5, 5.41) is 8.52. The highest BCUT2D eigenvalue weighted by atomic mass is 35.5. The van der Waals surface area contributed by atoms with Gasteiger partial charge in [0.25, 0.3) is 0 Å². The van der Waals surface area contributed by atoms with Crippen molar-refractivity contribution in [3.8, 4) is 0 Å². The molecule has 2 rings (SSSR count). The van der Waals surface area contributed by atoms with E-state index >= 15 is 0 Å². The van der Waals surface area contributed by atoms with E-state index in [0.717, 1.165) is 42.7 Å². The summed E-state index contributed by atoms with van der Waals surface area (Å²) in [7, 11) is 0. The van der Waals surface area contributed by atoms with Crippen LogP contribution in [0.4, 0.5) is 0 Å². The summed E-state index contributed by atoms with van der Waals surface area (Å²) < 4.78 is 12.2. The fourth-order valence-corrected chi connectivity index (χ4v) is 3.63. The van der Waals surface area contributed by atoms with E-state index in [9.17, 15) is 0 Å². The Bertz CT molecular complexity index is 502. The van der Waals surface area contributed by atoms with Gasteiger partial charge in [0.2, 0.25) is 5.79 Å². The number of hydrogen-bond acceptors (Lipinski definition) is 3. The second kappa shape index (κ2) is 8.27. The number of hydrogen-bond donors (Lipinski definition) is 1. The average molecular weight is 338 g/mol. The van der Waals surface area contributed by atoms with Crippen molar-refractivity contribution < 1.29 is 9.47 Å². The van der Waals surface area contributed by atoms with Gasteiger partial charge >= 0.3 is 0 Å². The van der Waals surface area contributed by atoms with Crippen molar-refractivity contribution in [1.29, 1.82) is 5.41 Å². The van der Waals surface area contributed by atoms with Crippen LogP contribution in [0.5, 0.6) is 0 Å². The smallest absolute Gasteiger partial charge is 0.204 e. The summed E-state index contributed by atoms with van der Waals surface area (Å²) >= 11 is 6.03. The largest absolute Gasteiger partial charge is 0.344 e. The topological polar surface area (TPSA) is 42.3 Å². The van der Waals surface area contributed by atoms with Crippen molar-refractivity contribution in [2.75, 3.05) is 13.2 Å². The van der Waals surface area contributed by atoms with E-state index in [1.54, 1.807) is 0 Å². The van der Waals surface area contributed by atoms with Gasteiger partial charge in [-0.25, -0.2) is 0 Å². The molecule has 0 bridgehead atoms. The molecule has 128 valence electrons. The van der Waals surface area contributed by atoms with Crippen molar-refractivity contribution in [3.63, 3.8) is 0 Å². The SMILES string of the molecule is CCCC1(CCC)COC(C=N)(CCc2cccc(Cl)c2)OC1. The predicted molar refractivity (Wildman–Crippen MR) is 95.4 cm³/mol. The Labute approximate surface area is 144 Å². The minimum Gasteiger partial charge on any atom is -0.344 e. The zero-order chi connectivity index (χ0) is 16.8. The molecule has 0 atom stereocenters. The molecule has 1 aliphatic heterocycles. The maximum Gasteiger partial charge on any atom is 0.204 e. The zero-order valence-corrected chi connectivity index (χ0v) is 15.0. The van der Waals surface area contributed by atoms with Crippen molar-refractivity contribution in [1.82, 2.24) is 0 Å². The Kier molecular flexibility index (Phi) is 6.63. The van der Waals surface area contributed by atoms with E-state index in [1.165, 1.54) is 6.21 Å². The quantitative estimate of drug-likeness (QED) is 0.658. The van der Waals surface area contributed by atoms with E-state index in [2.05, 4.69) is 13.8 Å². The van der Waals surface area contributed by atoms with E-state index in [-0.39, 0.29) is 5.41 Å². The van der Waals surface area contributed by atoms with Gasteiger partial charge in [-0.3, -0.25) is 0 Å². The van der Waals surface area contributed by atoms with Gasteiger partial charge in [-0.05, 0) is 37.0 Å². The highest BCUT2D eigenvalue weighted by Gasteiger charge is 2.42. The molecule has 1 fully saturated rings. The third kappa shape index (κ3) is 4.79. The summed E-state index contributed by atoms with van der Waals surface area (Å²) in [6, 6.07) is 7.82. The molecular formula is C19H28ClNO2. The molecule has 0 saturated carbocycles. The molecule has 1 aromatic carbocycles. The number of ether oxygens (including phenoxy) is 2. The first-order valence-corrected chi connectivity index (χ1v) is 8.99. The summed E-state index contributed by atoms with van der Waals surface area (Å²) in [5.74, 6) is -0.882. The van der Waals surface area contributed by atoms with Crippen molar-refractivity contribution in [2.45, 2.75) is 58.2 Å². The molecule has 4 heteroatoms. The number of halogens is 1. The number of benzene rings is 1. The van der Waals surface area contributed by atoms with Crippen molar-refractivity contribution in [3.05, 3.63) is 34.9 Å². The summed E-state index contributed by atoms with van der Waals surface area (Å²) in [6.45, 7) is 5.77. The lowest BCUT2D eigenvalue weighted by atomic mass is 9.80. The van der Waals surface area contributed by atoms with Crippen LogP contribution < -0.4 is 0 Å². The Morgan fingerprint density at radius 2 is 1.78 bits per heavy atom. The molecule has 1 saturated heterocycles. The van der Waals surface area contributed by atoms with Crippen LogP contribution in [0.15, 0.2) is 24.3 Å². The molecule has 1 aromatic rings. The van der Waals surface area contributed by atoms with Crippen LogP contribution in [-0.4, -0.2) is 25.2 Å². The summed E-state index contributed by atoms with van der Waals surface area (Å²) in [5.41, 5.74) is 1.26. The molecular weight excluding hydrogens is 310 g/mol. The lowest BCUT2D eigenvalue weighted by Crippen LogP contribution is -2.50. The van der Waals surface area contributed by atoms with Gasteiger partial charge < -0.3 is 14.9 Å². The van der Waals surface area contributed by atoms with Gasteiger partial charge in [-0.15, -0.1) is 0 Å². The highest BCUT2D eigenvalue weighted by molar-refractivity contribution is 6.30. The van der Waals surface area contributed by atoms with Crippen LogP contribution in [0.3, 0.4) is 0 Å². The van der Waals surface area contributed by atoms with Crippen LogP contribution in [0.25, 0.3) is 0 Å². The molecule has 1 aliphatic rings. The third-order valence-electron chi connectivity index (χ3n) is 4.68. The van der Waals surface area contributed by atoms with E-state index in [0.29, 0.717) is 19.6 Å². The molecule has 0 amide bonds. The Balaban J connectivity index is 1.99. The third-order valence-corrected chi connectivity index (χ3v) is 4.91. The maximum absolute atomic E-state index is 7.79. The van der Waals surface area contributed by atoms with Crippen LogP contribution in [0.1, 0.15) is 51.5 Å². The minimum absolute atomic E-state index is 0.117. The van der Waals surface area contributed by atoms with Crippen molar-refractivity contribution in [2.24, 2.45) is 5.41 Å². The lowest BCUT2D eigenvalue weighted by Gasteiger charge is -2.45. The fourth-order valence-electron chi connectivity index (χ4n) is 3.42. The first-order valence-electron chi connectivity index (χ1n) is 8.61. The molecule has 0 radical (unpaired) electrons. The Hall–Kier alpha value is -0.900. The average Bonchev–Trinajstić information content (AvgIpc) is 2.56. The standard InChI is InChI=1S/C19H28ClNO2/c1-3-9-18(10-4-2)14-22-19(13-21,23-15-18)11-8-16-6-5-7-17(20)12-16/h5-7,12-13,21H,3-4,8-11,14-15H2,1-2H3. The minimum atomic E-state index is -0.882. The van der Waals surface area contributed by atoms with Gasteiger partial charge in [0.05, 0.1) is 19.4 Å². The zero-order valence-electron chi connectivity index (χ0n) is 14.2. The summed E-state index contributed by atoms with van der Waals surface area (Å²) in [6.07, 6.45) is 7.24. The molecule has 0 unspecified atom stereocenters. The summed E-state index contributed by atoms with van der Waals surface area (Å²) in [4.78, 5) is 0. The lowest BCUT2D eigenvalue weighted by molar-refractivity contribution is -0.269. The second-order valence-electron chi connectivity index (χ2n) is 6.66. The van der Waals surface area contributed by atoms with Crippen molar-refractivity contribution >= 4 is 17.8 Å². The Morgan fingerprint density at radius 1 is 1.13 bits per heavy atom. The van der Waals surface area contributed by atoms with Gasteiger partial charge in [0.15, 0.2) is 0 Å². The Morgan fingerprint density at radius 3 is 2.30 bits per heavy atom. The van der Waals surface area contributed by atoms with Crippen LogP contribution in [-0.2, 0) is 15.9 Å². The van der Waals surface area contributed by atoms with E-state index < -0.39 is 5.79 Å². The molecule has 3 nitrogen and oxygen atoms in total. The number of nitrogens with one attached hydrogen (secondary N) is 1. The van der Waals surface area contributed by atoms with Crippen LogP contribution >= 0.6 is 11.6 Å². The molecule has 1 N–H and O–H groups in total. The molecule has 0 aromatic heterocycles. The monoisotopic (exact) mass is 337 g/mol. The molecule has 0 spiro atoms. The highest BCUT2D eigenvalue weighted by Crippen LogP contribution is 2.38. The predicted octanol–water partition coefficient (Wildman–Crippen LogP) is 5.25. The van der Waals surface area contributed by atoms with E-state index in [4.69, 9.17) is 26.5 Å². The number of aryl methyl sites for hydroxylation is 1. The maximum atomic E-state index is 7.79.